The molecule has 184 valence electrons. The summed E-state index contributed by atoms with van der Waals surface area (Å²) in [6, 6.07) is 16.3. The zero-order chi connectivity index (χ0) is 24.2. The number of carboxylic acid groups (broad SMARTS) is 1. The Morgan fingerprint density at radius 1 is 1.14 bits per heavy atom. The van der Waals surface area contributed by atoms with E-state index in [1.165, 1.54) is 16.0 Å². The normalized spacial score (nSPS) is 19.2. The van der Waals surface area contributed by atoms with Crippen LogP contribution in [0.2, 0.25) is 0 Å². The second kappa shape index (κ2) is 10.7. The van der Waals surface area contributed by atoms with E-state index in [0.29, 0.717) is 12.5 Å². The van der Waals surface area contributed by atoms with Gasteiger partial charge in [-0.3, -0.25) is 0 Å². The first-order valence-electron chi connectivity index (χ1n) is 12.5. The highest BCUT2D eigenvalue weighted by molar-refractivity contribution is 7.16. The Hall–Kier alpha value is -3.06. The van der Waals surface area contributed by atoms with E-state index in [4.69, 9.17) is 9.72 Å². The minimum absolute atomic E-state index is 0.0911. The van der Waals surface area contributed by atoms with Crippen LogP contribution in [0.4, 0.5) is 9.93 Å². The molecule has 35 heavy (non-hydrogen) atoms. The average molecular weight is 492 g/mol. The highest BCUT2D eigenvalue weighted by Gasteiger charge is 2.29. The van der Waals surface area contributed by atoms with Crippen molar-refractivity contribution in [1.82, 2.24) is 9.88 Å². The second-order valence-electron chi connectivity index (χ2n) is 9.62. The number of aryl methyl sites for hydroxylation is 2. The van der Waals surface area contributed by atoms with Crippen LogP contribution in [0.15, 0.2) is 48.5 Å². The number of nitrogens with one attached hydrogen (secondary N) is 1. The molecule has 0 unspecified atom stereocenters. The summed E-state index contributed by atoms with van der Waals surface area (Å²) >= 11 is 1.78. The van der Waals surface area contributed by atoms with Gasteiger partial charge >= 0.3 is 6.09 Å². The van der Waals surface area contributed by atoms with Crippen LogP contribution in [-0.4, -0.2) is 40.8 Å². The number of methoxy groups -OCH3 is 1. The first-order valence-corrected chi connectivity index (χ1v) is 13.4. The molecule has 1 amide bonds. The summed E-state index contributed by atoms with van der Waals surface area (Å²) in [6.07, 6.45) is 6.31. The molecule has 3 aromatic rings. The van der Waals surface area contributed by atoms with Crippen LogP contribution in [0.1, 0.15) is 48.1 Å². The van der Waals surface area contributed by atoms with Gasteiger partial charge in [-0.25, -0.2) is 9.78 Å². The molecule has 2 aromatic carbocycles. The number of rotatable bonds is 7. The van der Waals surface area contributed by atoms with E-state index in [-0.39, 0.29) is 6.04 Å². The number of thiazole rings is 1. The third kappa shape index (κ3) is 5.45. The number of nitrogens with zero attached hydrogens (tertiary/aromatic N) is 2. The lowest BCUT2D eigenvalue weighted by atomic mass is 9.85. The van der Waals surface area contributed by atoms with Crippen LogP contribution in [-0.2, 0) is 19.4 Å². The lowest BCUT2D eigenvalue weighted by Crippen LogP contribution is -2.41. The van der Waals surface area contributed by atoms with Gasteiger partial charge in [-0.05, 0) is 80.2 Å². The minimum Gasteiger partial charge on any atom is -0.497 e. The van der Waals surface area contributed by atoms with Gasteiger partial charge in [-0.1, -0.05) is 30.3 Å². The number of hydrogen-bond donors (Lipinski definition) is 2. The molecule has 5 rings (SSSR count). The monoisotopic (exact) mass is 491 g/mol. The maximum atomic E-state index is 11.9. The van der Waals surface area contributed by atoms with Gasteiger partial charge in [0.05, 0.1) is 12.8 Å². The molecule has 6 nitrogen and oxygen atoms in total. The van der Waals surface area contributed by atoms with Crippen molar-refractivity contribution in [1.29, 1.82) is 0 Å². The van der Waals surface area contributed by atoms with E-state index in [1.807, 2.05) is 36.4 Å². The van der Waals surface area contributed by atoms with E-state index in [9.17, 15) is 9.90 Å². The number of aromatic nitrogens is 1. The summed E-state index contributed by atoms with van der Waals surface area (Å²) < 4.78 is 5.42. The lowest BCUT2D eigenvalue weighted by molar-refractivity contribution is 0.100. The number of amides is 1. The van der Waals surface area contributed by atoms with Gasteiger partial charge in [0.2, 0.25) is 0 Å². The zero-order valence-electron chi connectivity index (χ0n) is 20.2. The molecule has 0 saturated heterocycles. The van der Waals surface area contributed by atoms with Gasteiger partial charge in [0.25, 0.3) is 0 Å². The topological polar surface area (TPSA) is 74.7 Å². The molecular formula is C28H33N3O3S. The highest BCUT2D eigenvalue weighted by atomic mass is 32.1. The molecule has 1 fully saturated rings. The molecule has 2 N–H and O–H groups in total. The molecule has 1 heterocycles. The lowest BCUT2D eigenvalue weighted by Gasteiger charge is -2.35. The van der Waals surface area contributed by atoms with E-state index in [1.54, 1.807) is 23.3 Å². The predicted octanol–water partition coefficient (Wildman–Crippen LogP) is 6.46. The average Bonchev–Trinajstić information content (AvgIpc) is 3.21. The van der Waals surface area contributed by atoms with Crippen molar-refractivity contribution in [2.75, 3.05) is 19.0 Å². The van der Waals surface area contributed by atoms with E-state index < -0.39 is 6.09 Å². The van der Waals surface area contributed by atoms with Crippen LogP contribution in [0.3, 0.4) is 0 Å². The van der Waals surface area contributed by atoms with Gasteiger partial charge in [-0.15, -0.1) is 11.3 Å². The van der Waals surface area contributed by atoms with Crippen molar-refractivity contribution < 1.29 is 14.6 Å². The number of anilines is 1. The zero-order valence-corrected chi connectivity index (χ0v) is 21.0. The largest absolute Gasteiger partial charge is 0.497 e. The van der Waals surface area contributed by atoms with Gasteiger partial charge < -0.3 is 20.1 Å². The quantitative estimate of drug-likeness (QED) is 0.397. The van der Waals surface area contributed by atoms with Crippen molar-refractivity contribution in [3.63, 3.8) is 0 Å². The van der Waals surface area contributed by atoms with Gasteiger partial charge in [0, 0.05) is 29.6 Å². The Balaban J connectivity index is 1.18. The summed E-state index contributed by atoms with van der Waals surface area (Å²) in [6.45, 7) is 1.35. The Kier molecular flexibility index (Phi) is 7.23. The summed E-state index contributed by atoms with van der Waals surface area (Å²) in [5.74, 6) is 1.44. The predicted molar refractivity (Wildman–Crippen MR) is 140 cm³/mol. The second-order valence-corrected chi connectivity index (χ2v) is 10.7. The van der Waals surface area contributed by atoms with Crippen LogP contribution in [0, 0.1) is 5.92 Å². The highest BCUT2D eigenvalue weighted by Crippen LogP contribution is 2.39. The standard InChI is InChI=1S/C28H33N3O3S/c1-34-23-14-15-24-21(16-23)8-5-9-25-26(24)30-27(35-25)29-17-19-10-12-22(13-11-19)31(28(32)33)18-20-6-3-2-4-7-20/h2-4,6-7,14-16,19,22H,5,8-13,17-18H2,1H3,(H,29,30)(H,32,33). The van der Waals surface area contributed by atoms with Crippen LogP contribution < -0.4 is 10.1 Å². The Bertz CT molecular complexity index is 1160. The molecule has 2 aliphatic carbocycles. The Morgan fingerprint density at radius 2 is 1.94 bits per heavy atom. The van der Waals surface area contributed by atoms with Gasteiger partial charge in [-0.2, -0.15) is 0 Å². The Labute approximate surface area is 211 Å². The fourth-order valence-electron chi connectivity index (χ4n) is 5.41. The SMILES string of the molecule is COc1ccc2c(c1)CCCc1sc(NCC3CCC(N(Cc4ccccc4)C(=O)O)CC3)nc1-2. The summed E-state index contributed by atoms with van der Waals surface area (Å²) in [4.78, 5) is 19.9. The van der Waals surface area contributed by atoms with E-state index in [2.05, 4.69) is 17.4 Å². The number of carbonyl (C=O) groups is 1. The van der Waals surface area contributed by atoms with Gasteiger partial charge in [0.1, 0.15) is 5.75 Å². The number of hydrogen-bond acceptors (Lipinski definition) is 5. The number of benzene rings is 2. The van der Waals surface area contributed by atoms with Crippen molar-refractivity contribution in [2.24, 2.45) is 5.92 Å². The van der Waals surface area contributed by atoms with Crippen molar-refractivity contribution in [3.8, 4) is 17.0 Å². The fraction of sp³-hybridized carbons (Fsp3) is 0.429. The Morgan fingerprint density at radius 3 is 2.69 bits per heavy atom. The molecule has 1 saturated carbocycles. The third-order valence-electron chi connectivity index (χ3n) is 7.36. The molecule has 0 radical (unpaired) electrons. The van der Waals surface area contributed by atoms with Crippen LogP contribution in [0.5, 0.6) is 5.75 Å². The molecule has 0 spiro atoms. The van der Waals surface area contributed by atoms with Gasteiger partial charge in [0.15, 0.2) is 5.13 Å². The van der Waals surface area contributed by atoms with Crippen LogP contribution >= 0.6 is 11.3 Å². The first kappa shape index (κ1) is 23.7. The summed E-state index contributed by atoms with van der Waals surface area (Å²) in [5, 5.41) is 14.4. The number of ether oxygens (including phenoxy) is 1. The molecule has 0 atom stereocenters. The van der Waals surface area contributed by atoms with Crippen molar-refractivity contribution >= 4 is 22.6 Å². The molecule has 1 aromatic heterocycles. The van der Waals surface area contributed by atoms with E-state index >= 15 is 0 Å². The first-order chi connectivity index (χ1) is 17.1. The molecule has 2 aliphatic rings. The van der Waals surface area contributed by atoms with Crippen molar-refractivity contribution in [2.45, 2.75) is 57.5 Å². The third-order valence-corrected chi connectivity index (χ3v) is 8.43. The molecule has 0 bridgehead atoms. The maximum absolute atomic E-state index is 11.9. The van der Waals surface area contributed by atoms with E-state index in [0.717, 1.165) is 73.6 Å². The minimum atomic E-state index is -0.822. The summed E-state index contributed by atoms with van der Waals surface area (Å²) in [7, 11) is 1.71. The summed E-state index contributed by atoms with van der Waals surface area (Å²) in [5.41, 5.74) is 4.71. The maximum Gasteiger partial charge on any atom is 0.407 e. The molecule has 0 aliphatic heterocycles. The van der Waals surface area contributed by atoms with Crippen molar-refractivity contribution in [3.05, 3.63) is 64.5 Å². The molecule has 7 heteroatoms. The molecular weight excluding hydrogens is 458 g/mol. The number of fused-ring (bicyclic) bond motifs is 3. The fourth-order valence-corrected chi connectivity index (χ4v) is 6.43. The van der Waals surface area contributed by atoms with Crippen LogP contribution in [0.25, 0.3) is 11.3 Å². The smallest absolute Gasteiger partial charge is 0.407 e.